The largest absolute Gasteiger partial charge is 0.316 e. The number of piperidine rings is 1. The number of hydrogen-bond acceptors (Lipinski definition) is 2. The Labute approximate surface area is 147 Å². The fourth-order valence-corrected chi connectivity index (χ4v) is 4.51. The maximum Gasteiger partial charge on any atom is 0.123 e. The number of benzene rings is 2. The van der Waals surface area contributed by atoms with Crippen LogP contribution in [0.5, 0.6) is 0 Å². The molecule has 2 aliphatic rings. The Hall–Kier alpha value is -1.78. The average Bonchev–Trinajstić information content (AvgIpc) is 3.06. The maximum atomic E-state index is 13.4. The average molecular weight is 342 g/mol. The highest BCUT2D eigenvalue weighted by Crippen LogP contribution is 2.40. The molecule has 2 nitrogen and oxygen atoms in total. The zero-order valence-electron chi connectivity index (χ0n) is 14.3. The molecule has 0 radical (unpaired) electrons. The molecule has 0 amide bonds. The molecule has 1 atom stereocenters. The summed E-state index contributed by atoms with van der Waals surface area (Å²) in [6.45, 7) is 4.20. The van der Waals surface area contributed by atoms with Crippen LogP contribution >= 0.6 is 0 Å². The van der Waals surface area contributed by atoms with Gasteiger partial charge in [0.2, 0.25) is 0 Å². The van der Waals surface area contributed by atoms with Crippen molar-refractivity contribution in [3.8, 4) is 0 Å². The number of nitrogens with one attached hydrogen (secondary N) is 1. The van der Waals surface area contributed by atoms with Crippen LogP contribution < -0.4 is 5.32 Å². The molecule has 1 spiro atoms. The third-order valence-electron chi connectivity index (χ3n) is 5.76. The van der Waals surface area contributed by atoms with Gasteiger partial charge in [0, 0.05) is 13.1 Å². The van der Waals surface area contributed by atoms with Gasteiger partial charge in [-0.05, 0) is 73.2 Å². The Balaban J connectivity index is 1.69. The van der Waals surface area contributed by atoms with E-state index in [4.69, 9.17) is 0 Å². The van der Waals surface area contributed by atoms with Crippen LogP contribution in [-0.4, -0.2) is 31.1 Å². The van der Waals surface area contributed by atoms with E-state index in [2.05, 4.69) is 10.2 Å². The first-order valence-electron chi connectivity index (χ1n) is 9.11. The highest BCUT2D eigenvalue weighted by molar-refractivity contribution is 5.32. The van der Waals surface area contributed by atoms with Crippen molar-refractivity contribution in [2.24, 2.45) is 5.41 Å². The second-order valence-corrected chi connectivity index (χ2v) is 7.51. The minimum absolute atomic E-state index is 0.0407. The Kier molecular flexibility index (Phi) is 4.57. The van der Waals surface area contributed by atoms with Crippen molar-refractivity contribution in [1.29, 1.82) is 0 Å². The van der Waals surface area contributed by atoms with Crippen LogP contribution in [0, 0.1) is 17.0 Å². The van der Waals surface area contributed by atoms with Crippen molar-refractivity contribution in [2.45, 2.75) is 25.3 Å². The van der Waals surface area contributed by atoms with Crippen molar-refractivity contribution < 1.29 is 8.78 Å². The van der Waals surface area contributed by atoms with Crippen LogP contribution in [0.3, 0.4) is 0 Å². The quantitative estimate of drug-likeness (QED) is 0.902. The molecule has 4 heteroatoms. The van der Waals surface area contributed by atoms with Crippen molar-refractivity contribution in [1.82, 2.24) is 10.2 Å². The van der Waals surface area contributed by atoms with Crippen molar-refractivity contribution in [3.05, 3.63) is 71.3 Å². The molecule has 132 valence electrons. The molecule has 1 N–H and O–H groups in total. The van der Waals surface area contributed by atoms with Crippen molar-refractivity contribution >= 4 is 0 Å². The van der Waals surface area contributed by atoms with E-state index in [0.29, 0.717) is 5.41 Å². The summed E-state index contributed by atoms with van der Waals surface area (Å²) in [5, 5.41) is 3.51. The summed E-state index contributed by atoms with van der Waals surface area (Å²) in [6, 6.07) is 13.5. The third kappa shape index (κ3) is 3.46. The van der Waals surface area contributed by atoms with Gasteiger partial charge in [0.15, 0.2) is 0 Å². The van der Waals surface area contributed by atoms with Crippen LogP contribution in [0.2, 0.25) is 0 Å². The number of rotatable bonds is 3. The first-order chi connectivity index (χ1) is 12.2. The van der Waals surface area contributed by atoms with Crippen molar-refractivity contribution in [3.63, 3.8) is 0 Å². The predicted molar refractivity (Wildman–Crippen MR) is 95.4 cm³/mol. The molecular weight excluding hydrogens is 318 g/mol. The summed E-state index contributed by atoms with van der Waals surface area (Å²) in [4.78, 5) is 2.50. The molecule has 2 heterocycles. The topological polar surface area (TPSA) is 15.3 Å². The highest BCUT2D eigenvalue weighted by atomic mass is 19.1. The molecule has 0 aromatic heterocycles. The number of likely N-dealkylation sites (tertiary alicyclic amines) is 1. The van der Waals surface area contributed by atoms with E-state index in [0.717, 1.165) is 37.3 Å². The molecule has 4 rings (SSSR count). The fourth-order valence-electron chi connectivity index (χ4n) is 4.51. The third-order valence-corrected chi connectivity index (χ3v) is 5.76. The van der Waals surface area contributed by atoms with Gasteiger partial charge in [0.25, 0.3) is 0 Å². The number of halogens is 2. The van der Waals surface area contributed by atoms with E-state index in [1.165, 1.54) is 43.5 Å². The van der Waals surface area contributed by atoms with Crippen LogP contribution in [0.15, 0.2) is 48.5 Å². The SMILES string of the molecule is Fc1ccc(C(c2ccc(F)cc2)N2CCCC3(CCNC3)C2)cc1. The van der Waals surface area contributed by atoms with Gasteiger partial charge in [-0.2, -0.15) is 0 Å². The van der Waals surface area contributed by atoms with Crippen LogP contribution in [0.1, 0.15) is 36.4 Å². The van der Waals surface area contributed by atoms with Gasteiger partial charge < -0.3 is 5.32 Å². The second-order valence-electron chi connectivity index (χ2n) is 7.51. The lowest BCUT2D eigenvalue weighted by Crippen LogP contribution is -2.46. The van der Waals surface area contributed by atoms with Gasteiger partial charge >= 0.3 is 0 Å². The lowest BCUT2D eigenvalue weighted by molar-refractivity contribution is 0.0800. The smallest absolute Gasteiger partial charge is 0.123 e. The van der Waals surface area contributed by atoms with Gasteiger partial charge in [-0.3, -0.25) is 4.90 Å². The fraction of sp³-hybridized carbons (Fsp3) is 0.429. The molecule has 2 saturated heterocycles. The minimum Gasteiger partial charge on any atom is -0.316 e. The van der Waals surface area contributed by atoms with Gasteiger partial charge in [-0.1, -0.05) is 24.3 Å². The normalized spacial score (nSPS) is 24.3. The Morgan fingerprint density at radius 1 is 0.880 bits per heavy atom. The first-order valence-corrected chi connectivity index (χ1v) is 9.11. The molecule has 0 saturated carbocycles. The van der Waals surface area contributed by atoms with E-state index in [1.54, 1.807) is 0 Å². The molecule has 2 aliphatic heterocycles. The van der Waals surface area contributed by atoms with Crippen LogP contribution in [0.4, 0.5) is 8.78 Å². The predicted octanol–water partition coefficient (Wildman–Crippen LogP) is 4.13. The summed E-state index contributed by atoms with van der Waals surface area (Å²) in [7, 11) is 0. The van der Waals surface area contributed by atoms with E-state index in [9.17, 15) is 8.78 Å². The maximum absolute atomic E-state index is 13.4. The zero-order chi connectivity index (χ0) is 17.3. The molecular formula is C21H24F2N2. The Morgan fingerprint density at radius 2 is 1.48 bits per heavy atom. The van der Waals surface area contributed by atoms with E-state index in [1.807, 2.05) is 24.3 Å². The molecule has 0 aliphatic carbocycles. The number of hydrogen-bond donors (Lipinski definition) is 1. The van der Waals surface area contributed by atoms with Gasteiger partial charge in [-0.15, -0.1) is 0 Å². The zero-order valence-corrected chi connectivity index (χ0v) is 14.3. The first kappa shape index (κ1) is 16.7. The van der Waals surface area contributed by atoms with E-state index >= 15 is 0 Å². The van der Waals surface area contributed by atoms with E-state index in [-0.39, 0.29) is 17.7 Å². The summed E-state index contributed by atoms with van der Waals surface area (Å²) < 4.78 is 26.8. The molecule has 25 heavy (non-hydrogen) atoms. The van der Waals surface area contributed by atoms with Crippen LogP contribution in [-0.2, 0) is 0 Å². The Bertz CT molecular complexity index is 660. The van der Waals surface area contributed by atoms with Crippen LogP contribution in [0.25, 0.3) is 0 Å². The monoisotopic (exact) mass is 342 g/mol. The molecule has 2 aromatic carbocycles. The number of nitrogens with zero attached hydrogens (tertiary/aromatic N) is 1. The molecule has 1 unspecified atom stereocenters. The van der Waals surface area contributed by atoms with Gasteiger partial charge in [0.05, 0.1) is 6.04 Å². The Morgan fingerprint density at radius 3 is 2.00 bits per heavy atom. The molecule has 2 fully saturated rings. The van der Waals surface area contributed by atoms with Crippen molar-refractivity contribution in [2.75, 3.05) is 26.2 Å². The summed E-state index contributed by atoms with van der Waals surface area (Å²) >= 11 is 0. The van der Waals surface area contributed by atoms with E-state index < -0.39 is 0 Å². The molecule has 0 bridgehead atoms. The van der Waals surface area contributed by atoms with Gasteiger partial charge in [-0.25, -0.2) is 8.78 Å². The highest BCUT2D eigenvalue weighted by Gasteiger charge is 2.40. The lowest BCUT2D eigenvalue weighted by atomic mass is 9.78. The summed E-state index contributed by atoms with van der Waals surface area (Å²) in [5.41, 5.74) is 2.48. The minimum atomic E-state index is -0.225. The second kappa shape index (κ2) is 6.85. The summed E-state index contributed by atoms with van der Waals surface area (Å²) in [6.07, 6.45) is 3.64. The summed E-state index contributed by atoms with van der Waals surface area (Å²) in [5.74, 6) is -0.451. The standard InChI is InChI=1S/C21H24F2N2/c22-18-6-2-16(3-7-18)20(17-4-8-19(23)9-5-17)25-13-1-10-21(15-25)11-12-24-14-21/h2-9,20,24H,1,10-15H2. The lowest BCUT2D eigenvalue weighted by Gasteiger charge is -2.44. The molecule has 2 aromatic rings. The van der Waals surface area contributed by atoms with Gasteiger partial charge in [0.1, 0.15) is 11.6 Å².